The summed E-state index contributed by atoms with van der Waals surface area (Å²) in [6.45, 7) is 0.0359. The lowest BCUT2D eigenvalue weighted by molar-refractivity contribution is 0.268. The molecule has 1 aromatic carbocycles. The van der Waals surface area contributed by atoms with Crippen LogP contribution in [0.25, 0.3) is 11.0 Å². The van der Waals surface area contributed by atoms with Crippen LogP contribution < -0.4 is 5.69 Å². The Morgan fingerprint density at radius 3 is 1.67 bits per heavy atom. The van der Waals surface area contributed by atoms with Crippen LogP contribution in [0.1, 0.15) is 0 Å². The predicted molar refractivity (Wildman–Crippen MR) is 70.4 cm³/mol. The Morgan fingerprint density at radius 1 is 0.944 bits per heavy atom. The smallest absolute Gasteiger partial charge is 0.329 e. The largest absolute Gasteiger partial charge is 0.395 e. The minimum Gasteiger partial charge on any atom is -0.395 e. The SMILES string of the molecule is O=c1n(CCO)c2cc(Cl)c(Cl)cc2n1CCO. The third-order valence-corrected chi connectivity index (χ3v) is 3.43. The monoisotopic (exact) mass is 290 g/mol. The van der Waals surface area contributed by atoms with Crippen LogP contribution in [0.5, 0.6) is 0 Å². The highest BCUT2D eigenvalue weighted by molar-refractivity contribution is 6.42. The summed E-state index contributed by atoms with van der Waals surface area (Å²) in [5, 5.41) is 18.7. The first-order chi connectivity index (χ1) is 8.60. The summed E-state index contributed by atoms with van der Waals surface area (Å²) in [5.74, 6) is 0. The highest BCUT2D eigenvalue weighted by atomic mass is 35.5. The molecule has 0 aliphatic rings. The Bertz CT molecular complexity index is 581. The molecule has 0 atom stereocenters. The summed E-state index contributed by atoms with van der Waals surface area (Å²) < 4.78 is 2.82. The fraction of sp³-hybridized carbons (Fsp3) is 0.364. The lowest BCUT2D eigenvalue weighted by atomic mass is 10.3. The molecule has 1 aromatic heterocycles. The molecule has 0 radical (unpaired) electrons. The second kappa shape index (κ2) is 5.32. The summed E-state index contributed by atoms with van der Waals surface area (Å²) in [7, 11) is 0. The molecule has 7 heteroatoms. The van der Waals surface area contributed by atoms with E-state index >= 15 is 0 Å². The van der Waals surface area contributed by atoms with Gasteiger partial charge in [-0.1, -0.05) is 23.2 Å². The van der Waals surface area contributed by atoms with Crippen LogP contribution in [0.4, 0.5) is 0 Å². The molecule has 0 spiro atoms. The van der Waals surface area contributed by atoms with E-state index in [0.717, 1.165) is 0 Å². The van der Waals surface area contributed by atoms with Gasteiger partial charge in [-0.15, -0.1) is 0 Å². The van der Waals surface area contributed by atoms with E-state index in [9.17, 15) is 4.79 Å². The highest BCUT2D eigenvalue weighted by Gasteiger charge is 2.14. The first kappa shape index (κ1) is 13.4. The van der Waals surface area contributed by atoms with Crippen LogP contribution in [-0.4, -0.2) is 32.6 Å². The Labute approximate surface area is 113 Å². The zero-order valence-corrected chi connectivity index (χ0v) is 10.9. The number of rotatable bonds is 4. The molecule has 98 valence electrons. The molecule has 2 rings (SSSR count). The van der Waals surface area contributed by atoms with E-state index in [1.165, 1.54) is 9.13 Å². The minimum atomic E-state index is -0.300. The van der Waals surface area contributed by atoms with E-state index in [0.29, 0.717) is 21.1 Å². The molecule has 0 aliphatic carbocycles. The number of imidazole rings is 1. The number of halogens is 2. The Hall–Kier alpha value is -1.01. The number of aromatic nitrogens is 2. The average Bonchev–Trinajstić information content (AvgIpc) is 2.57. The predicted octanol–water partition coefficient (Wildman–Crippen LogP) is 1.09. The van der Waals surface area contributed by atoms with E-state index in [1.54, 1.807) is 12.1 Å². The van der Waals surface area contributed by atoms with Gasteiger partial charge in [-0.25, -0.2) is 4.79 Å². The molecular formula is C11H12Cl2N2O3. The molecule has 0 unspecified atom stereocenters. The van der Waals surface area contributed by atoms with Crippen molar-refractivity contribution in [3.63, 3.8) is 0 Å². The van der Waals surface area contributed by atoms with Crippen LogP contribution in [0.15, 0.2) is 16.9 Å². The van der Waals surface area contributed by atoms with Crippen molar-refractivity contribution >= 4 is 34.2 Å². The van der Waals surface area contributed by atoms with Crippen LogP contribution in [0, 0.1) is 0 Å². The van der Waals surface area contributed by atoms with Gasteiger partial charge in [0.2, 0.25) is 0 Å². The quantitative estimate of drug-likeness (QED) is 0.886. The molecule has 0 fully saturated rings. The number of nitrogens with zero attached hydrogens (tertiary/aromatic N) is 2. The van der Waals surface area contributed by atoms with Crippen molar-refractivity contribution < 1.29 is 10.2 Å². The molecule has 5 nitrogen and oxygen atoms in total. The van der Waals surface area contributed by atoms with Crippen LogP contribution in [-0.2, 0) is 13.1 Å². The van der Waals surface area contributed by atoms with Crippen molar-refractivity contribution in [3.05, 3.63) is 32.7 Å². The molecule has 2 aromatic rings. The Balaban J connectivity index is 2.79. The van der Waals surface area contributed by atoms with E-state index in [-0.39, 0.29) is 32.0 Å². The third kappa shape index (κ3) is 2.14. The van der Waals surface area contributed by atoms with E-state index < -0.39 is 0 Å². The van der Waals surface area contributed by atoms with Gasteiger partial charge in [-0.05, 0) is 12.1 Å². The fourth-order valence-corrected chi connectivity index (χ4v) is 2.26. The van der Waals surface area contributed by atoms with Gasteiger partial charge in [0.05, 0.1) is 47.4 Å². The topological polar surface area (TPSA) is 67.4 Å². The van der Waals surface area contributed by atoms with Crippen LogP contribution in [0.2, 0.25) is 10.0 Å². The molecule has 0 saturated carbocycles. The van der Waals surface area contributed by atoms with Crippen molar-refractivity contribution in [1.82, 2.24) is 9.13 Å². The third-order valence-electron chi connectivity index (χ3n) is 2.71. The lowest BCUT2D eigenvalue weighted by Gasteiger charge is -2.01. The Morgan fingerprint density at radius 2 is 1.33 bits per heavy atom. The number of hydrogen-bond donors (Lipinski definition) is 2. The molecule has 1 heterocycles. The summed E-state index contributed by atoms with van der Waals surface area (Å²) in [4.78, 5) is 12.1. The highest BCUT2D eigenvalue weighted by Crippen LogP contribution is 2.27. The van der Waals surface area contributed by atoms with Gasteiger partial charge in [0, 0.05) is 0 Å². The summed E-state index contributed by atoms with van der Waals surface area (Å²) >= 11 is 11.9. The first-order valence-electron chi connectivity index (χ1n) is 5.40. The van der Waals surface area contributed by atoms with E-state index in [4.69, 9.17) is 33.4 Å². The fourth-order valence-electron chi connectivity index (χ4n) is 1.94. The molecule has 0 saturated heterocycles. The maximum Gasteiger partial charge on any atom is 0.329 e. The average molecular weight is 291 g/mol. The van der Waals surface area contributed by atoms with Crippen molar-refractivity contribution in [2.75, 3.05) is 13.2 Å². The first-order valence-corrected chi connectivity index (χ1v) is 6.15. The van der Waals surface area contributed by atoms with Gasteiger partial charge in [0.1, 0.15) is 0 Å². The van der Waals surface area contributed by atoms with E-state index in [1.807, 2.05) is 0 Å². The molecular weight excluding hydrogens is 279 g/mol. The second-order valence-corrected chi connectivity index (χ2v) is 4.60. The van der Waals surface area contributed by atoms with Crippen molar-refractivity contribution in [2.24, 2.45) is 0 Å². The summed E-state index contributed by atoms with van der Waals surface area (Å²) in [6.07, 6.45) is 0. The van der Waals surface area contributed by atoms with Gasteiger partial charge >= 0.3 is 5.69 Å². The molecule has 0 amide bonds. The van der Waals surface area contributed by atoms with Gasteiger partial charge < -0.3 is 10.2 Å². The number of aliphatic hydroxyl groups excluding tert-OH is 2. The van der Waals surface area contributed by atoms with Crippen molar-refractivity contribution in [3.8, 4) is 0 Å². The number of aliphatic hydroxyl groups is 2. The zero-order valence-electron chi connectivity index (χ0n) is 9.44. The molecule has 0 bridgehead atoms. The van der Waals surface area contributed by atoms with E-state index in [2.05, 4.69) is 0 Å². The van der Waals surface area contributed by atoms with Gasteiger partial charge in [-0.2, -0.15) is 0 Å². The van der Waals surface area contributed by atoms with Gasteiger partial charge in [-0.3, -0.25) is 9.13 Å². The molecule has 2 N–H and O–H groups in total. The lowest BCUT2D eigenvalue weighted by Crippen LogP contribution is -2.26. The zero-order chi connectivity index (χ0) is 13.3. The summed E-state index contributed by atoms with van der Waals surface area (Å²) in [5.41, 5.74) is 0.889. The van der Waals surface area contributed by atoms with Crippen LogP contribution >= 0.6 is 23.2 Å². The standard InChI is InChI=1S/C11H12Cl2N2O3/c12-7-5-9-10(6-8(7)13)15(2-4-17)11(18)14(9)1-3-16/h5-6,16-17H,1-4H2. The summed E-state index contributed by atoms with van der Waals surface area (Å²) in [6, 6.07) is 3.17. The maximum absolute atomic E-state index is 12.1. The normalized spacial score (nSPS) is 11.3. The number of fused-ring (bicyclic) bond motifs is 1. The second-order valence-electron chi connectivity index (χ2n) is 3.79. The minimum absolute atomic E-state index is 0.154. The van der Waals surface area contributed by atoms with Gasteiger partial charge in [0.25, 0.3) is 0 Å². The molecule has 18 heavy (non-hydrogen) atoms. The van der Waals surface area contributed by atoms with Crippen LogP contribution in [0.3, 0.4) is 0 Å². The number of hydrogen-bond acceptors (Lipinski definition) is 3. The number of benzene rings is 1. The Kier molecular flexibility index (Phi) is 3.97. The molecule has 0 aliphatic heterocycles. The van der Waals surface area contributed by atoms with Crippen molar-refractivity contribution in [1.29, 1.82) is 0 Å². The maximum atomic E-state index is 12.1. The van der Waals surface area contributed by atoms with Gasteiger partial charge in [0.15, 0.2) is 0 Å². The van der Waals surface area contributed by atoms with Crippen molar-refractivity contribution in [2.45, 2.75) is 13.1 Å².